The highest BCUT2D eigenvalue weighted by molar-refractivity contribution is 5.37. The Labute approximate surface area is 116 Å². The summed E-state index contributed by atoms with van der Waals surface area (Å²) in [5.41, 5.74) is 2.19. The number of benzene rings is 2. The summed E-state index contributed by atoms with van der Waals surface area (Å²) in [4.78, 5) is 0. The number of nitrogens with zero attached hydrogens (tertiary/aromatic N) is 2. The first-order valence-electron chi connectivity index (χ1n) is 6.29. The van der Waals surface area contributed by atoms with Gasteiger partial charge in [0.1, 0.15) is 11.5 Å². The highest BCUT2D eigenvalue weighted by atomic mass is 16.5. The van der Waals surface area contributed by atoms with Crippen LogP contribution in [0, 0.1) is 6.92 Å². The minimum atomic E-state index is 0.215. The van der Waals surface area contributed by atoms with Gasteiger partial charge in [-0.05, 0) is 43.3 Å². The standard InChI is InChI=1S/C16H14N2O2/c1-12-2-4-13(5-3-12)18-11-16(10-17-18)20-15-8-6-14(19)7-9-15/h2-11,19H,1H3. The summed E-state index contributed by atoms with van der Waals surface area (Å²) in [6.45, 7) is 2.05. The third-order valence-electron chi connectivity index (χ3n) is 2.93. The maximum atomic E-state index is 9.23. The zero-order valence-electron chi connectivity index (χ0n) is 11.0. The molecule has 0 bridgehead atoms. The average Bonchev–Trinajstić information content (AvgIpc) is 2.91. The van der Waals surface area contributed by atoms with Gasteiger partial charge in [-0.15, -0.1) is 0 Å². The smallest absolute Gasteiger partial charge is 0.165 e. The Bertz CT molecular complexity index is 700. The maximum Gasteiger partial charge on any atom is 0.165 e. The van der Waals surface area contributed by atoms with Crippen molar-refractivity contribution in [2.24, 2.45) is 0 Å². The normalized spacial score (nSPS) is 10.4. The number of aryl methyl sites for hydroxylation is 1. The summed E-state index contributed by atoms with van der Waals surface area (Å²) in [7, 11) is 0. The van der Waals surface area contributed by atoms with Gasteiger partial charge < -0.3 is 9.84 Å². The number of aromatic nitrogens is 2. The fourth-order valence-corrected chi connectivity index (χ4v) is 1.85. The van der Waals surface area contributed by atoms with E-state index in [1.807, 2.05) is 37.4 Å². The molecule has 0 fully saturated rings. The Morgan fingerprint density at radius 3 is 2.35 bits per heavy atom. The average molecular weight is 266 g/mol. The molecule has 100 valence electrons. The van der Waals surface area contributed by atoms with Gasteiger partial charge in [0.25, 0.3) is 0 Å². The van der Waals surface area contributed by atoms with E-state index in [1.165, 1.54) is 5.56 Å². The first kappa shape index (κ1) is 12.3. The number of phenolic OH excluding ortho intramolecular Hbond substituents is 1. The van der Waals surface area contributed by atoms with Gasteiger partial charge in [0, 0.05) is 0 Å². The number of hydrogen-bond acceptors (Lipinski definition) is 3. The van der Waals surface area contributed by atoms with E-state index in [4.69, 9.17) is 4.74 Å². The lowest BCUT2D eigenvalue weighted by atomic mass is 10.2. The molecule has 20 heavy (non-hydrogen) atoms. The summed E-state index contributed by atoms with van der Waals surface area (Å²) < 4.78 is 7.42. The van der Waals surface area contributed by atoms with E-state index in [2.05, 4.69) is 5.10 Å². The van der Waals surface area contributed by atoms with E-state index in [-0.39, 0.29) is 5.75 Å². The molecule has 3 aromatic rings. The van der Waals surface area contributed by atoms with Crippen LogP contribution < -0.4 is 4.74 Å². The van der Waals surface area contributed by atoms with Gasteiger partial charge in [-0.25, -0.2) is 4.68 Å². The minimum Gasteiger partial charge on any atom is -0.508 e. The van der Waals surface area contributed by atoms with Crippen molar-refractivity contribution in [2.45, 2.75) is 6.92 Å². The van der Waals surface area contributed by atoms with Crippen LogP contribution in [0.15, 0.2) is 60.9 Å². The lowest BCUT2D eigenvalue weighted by Gasteiger charge is -2.03. The quantitative estimate of drug-likeness (QED) is 0.786. The van der Waals surface area contributed by atoms with E-state index in [0.717, 1.165) is 5.69 Å². The number of ether oxygens (including phenoxy) is 1. The molecule has 0 aliphatic rings. The van der Waals surface area contributed by atoms with E-state index in [0.29, 0.717) is 11.5 Å². The van der Waals surface area contributed by atoms with Crippen LogP contribution in [-0.2, 0) is 0 Å². The molecular weight excluding hydrogens is 252 g/mol. The van der Waals surface area contributed by atoms with Crippen molar-refractivity contribution in [2.75, 3.05) is 0 Å². The Hall–Kier alpha value is -2.75. The predicted octanol–water partition coefficient (Wildman–Crippen LogP) is 3.68. The number of hydrogen-bond donors (Lipinski definition) is 1. The summed E-state index contributed by atoms with van der Waals surface area (Å²) in [5, 5.41) is 13.5. The second-order valence-corrected chi connectivity index (χ2v) is 4.55. The van der Waals surface area contributed by atoms with Crippen molar-refractivity contribution in [3.05, 3.63) is 66.5 Å². The molecule has 0 unspecified atom stereocenters. The van der Waals surface area contributed by atoms with Crippen LogP contribution >= 0.6 is 0 Å². The second kappa shape index (κ2) is 5.09. The van der Waals surface area contributed by atoms with Gasteiger partial charge in [0.15, 0.2) is 5.75 Å². The Kier molecular flexibility index (Phi) is 3.13. The molecule has 1 aromatic heterocycles. The fraction of sp³-hybridized carbons (Fsp3) is 0.0625. The summed E-state index contributed by atoms with van der Waals surface area (Å²) in [6.07, 6.45) is 3.48. The van der Waals surface area contributed by atoms with Crippen molar-refractivity contribution in [1.82, 2.24) is 9.78 Å². The van der Waals surface area contributed by atoms with E-state index in [9.17, 15) is 5.11 Å². The number of rotatable bonds is 3. The zero-order chi connectivity index (χ0) is 13.9. The largest absolute Gasteiger partial charge is 0.508 e. The summed E-state index contributed by atoms with van der Waals surface area (Å²) >= 11 is 0. The minimum absolute atomic E-state index is 0.215. The summed E-state index contributed by atoms with van der Waals surface area (Å²) in [5.74, 6) is 1.52. The van der Waals surface area contributed by atoms with Crippen LogP contribution in [0.4, 0.5) is 0 Å². The van der Waals surface area contributed by atoms with Crippen LogP contribution in [0.1, 0.15) is 5.56 Å². The molecule has 0 spiro atoms. The van der Waals surface area contributed by atoms with E-state index in [1.54, 1.807) is 35.1 Å². The van der Waals surface area contributed by atoms with Crippen LogP contribution in [-0.4, -0.2) is 14.9 Å². The van der Waals surface area contributed by atoms with Gasteiger partial charge in [-0.3, -0.25) is 0 Å². The van der Waals surface area contributed by atoms with E-state index < -0.39 is 0 Å². The third-order valence-corrected chi connectivity index (χ3v) is 2.93. The molecular formula is C16H14N2O2. The molecule has 0 atom stereocenters. The number of phenols is 1. The maximum absolute atomic E-state index is 9.23. The van der Waals surface area contributed by atoms with Crippen LogP contribution in [0.3, 0.4) is 0 Å². The van der Waals surface area contributed by atoms with E-state index >= 15 is 0 Å². The monoisotopic (exact) mass is 266 g/mol. The molecule has 0 aliphatic carbocycles. The van der Waals surface area contributed by atoms with Gasteiger partial charge in [-0.2, -0.15) is 5.10 Å². The molecule has 0 radical (unpaired) electrons. The van der Waals surface area contributed by atoms with Gasteiger partial charge in [-0.1, -0.05) is 17.7 Å². The first-order valence-corrected chi connectivity index (χ1v) is 6.29. The number of aromatic hydroxyl groups is 1. The molecule has 0 saturated carbocycles. The highest BCUT2D eigenvalue weighted by Crippen LogP contribution is 2.23. The zero-order valence-corrected chi connectivity index (χ0v) is 11.0. The SMILES string of the molecule is Cc1ccc(-n2cc(Oc3ccc(O)cc3)cn2)cc1. The van der Waals surface area contributed by atoms with Crippen molar-refractivity contribution < 1.29 is 9.84 Å². The lowest BCUT2D eigenvalue weighted by Crippen LogP contribution is -1.93. The third kappa shape index (κ3) is 2.64. The molecule has 3 rings (SSSR count). The molecule has 4 nitrogen and oxygen atoms in total. The predicted molar refractivity (Wildman–Crippen MR) is 76.5 cm³/mol. The molecule has 1 heterocycles. The van der Waals surface area contributed by atoms with Crippen LogP contribution in [0.5, 0.6) is 17.2 Å². The van der Waals surface area contributed by atoms with Crippen molar-refractivity contribution >= 4 is 0 Å². The molecule has 0 aliphatic heterocycles. The Morgan fingerprint density at radius 1 is 0.950 bits per heavy atom. The summed E-state index contributed by atoms with van der Waals surface area (Å²) in [6, 6.07) is 14.7. The molecule has 4 heteroatoms. The topological polar surface area (TPSA) is 47.3 Å². The van der Waals surface area contributed by atoms with Crippen molar-refractivity contribution in [3.8, 4) is 22.9 Å². The Morgan fingerprint density at radius 2 is 1.65 bits per heavy atom. The molecule has 0 saturated heterocycles. The second-order valence-electron chi connectivity index (χ2n) is 4.55. The molecule has 0 amide bonds. The highest BCUT2D eigenvalue weighted by Gasteiger charge is 2.03. The molecule has 2 aromatic carbocycles. The van der Waals surface area contributed by atoms with Crippen LogP contribution in [0.25, 0.3) is 5.69 Å². The van der Waals surface area contributed by atoms with Gasteiger partial charge in [0.05, 0.1) is 18.1 Å². The first-order chi connectivity index (χ1) is 9.70. The van der Waals surface area contributed by atoms with Gasteiger partial charge in [0.2, 0.25) is 0 Å². The van der Waals surface area contributed by atoms with Crippen molar-refractivity contribution in [3.63, 3.8) is 0 Å². The van der Waals surface area contributed by atoms with Crippen molar-refractivity contribution in [1.29, 1.82) is 0 Å². The molecule has 1 N–H and O–H groups in total. The Balaban J connectivity index is 1.80. The van der Waals surface area contributed by atoms with Gasteiger partial charge >= 0.3 is 0 Å². The van der Waals surface area contributed by atoms with Crippen LogP contribution in [0.2, 0.25) is 0 Å². The lowest BCUT2D eigenvalue weighted by molar-refractivity contribution is 0.464. The fourth-order valence-electron chi connectivity index (χ4n) is 1.85.